The molecule has 1 aromatic carbocycles. The number of carboxylic acid groups (broad SMARTS) is 1. The SMILES string of the molecule is O=C(O)c1cc2ccccc2n1CCc1ccsc1. The number of carboxylic acids is 1. The fraction of sp³-hybridized carbons (Fsp3) is 0.133. The molecule has 0 aliphatic rings. The fourth-order valence-electron chi connectivity index (χ4n) is 2.30. The maximum absolute atomic E-state index is 11.3. The second-order valence-corrected chi connectivity index (χ2v) is 5.21. The Bertz CT molecular complexity index is 713. The van der Waals surface area contributed by atoms with E-state index in [1.165, 1.54) is 5.56 Å². The lowest BCUT2D eigenvalue weighted by molar-refractivity contribution is 0.0685. The number of nitrogens with zero attached hydrogens (tertiary/aromatic N) is 1. The quantitative estimate of drug-likeness (QED) is 0.787. The summed E-state index contributed by atoms with van der Waals surface area (Å²) in [6.07, 6.45) is 0.850. The van der Waals surface area contributed by atoms with E-state index in [0.717, 1.165) is 17.3 Å². The van der Waals surface area contributed by atoms with Gasteiger partial charge in [0.25, 0.3) is 0 Å². The van der Waals surface area contributed by atoms with Crippen LogP contribution < -0.4 is 0 Å². The number of hydrogen-bond acceptors (Lipinski definition) is 2. The van der Waals surface area contributed by atoms with Gasteiger partial charge in [0.1, 0.15) is 5.69 Å². The summed E-state index contributed by atoms with van der Waals surface area (Å²) in [6.45, 7) is 0.686. The van der Waals surface area contributed by atoms with E-state index in [4.69, 9.17) is 0 Å². The molecule has 3 nitrogen and oxygen atoms in total. The Balaban J connectivity index is 2.00. The van der Waals surface area contributed by atoms with Gasteiger partial charge in [0.05, 0.1) is 0 Å². The number of thiophene rings is 1. The van der Waals surface area contributed by atoms with Crippen molar-refractivity contribution in [1.29, 1.82) is 0 Å². The van der Waals surface area contributed by atoms with Gasteiger partial charge in [-0.3, -0.25) is 0 Å². The van der Waals surface area contributed by atoms with Gasteiger partial charge in [0, 0.05) is 17.4 Å². The molecule has 2 heterocycles. The van der Waals surface area contributed by atoms with Crippen LogP contribution in [0.15, 0.2) is 47.2 Å². The predicted octanol–water partition coefficient (Wildman–Crippen LogP) is 3.64. The fourth-order valence-corrected chi connectivity index (χ4v) is 3.01. The van der Waals surface area contributed by atoms with E-state index in [2.05, 4.69) is 11.4 Å². The summed E-state index contributed by atoms with van der Waals surface area (Å²) in [5, 5.41) is 14.4. The van der Waals surface area contributed by atoms with Gasteiger partial charge in [-0.25, -0.2) is 4.79 Å². The Hall–Kier alpha value is -2.07. The summed E-state index contributed by atoms with van der Waals surface area (Å²) in [7, 11) is 0. The number of aromatic nitrogens is 1. The zero-order valence-corrected chi connectivity index (χ0v) is 11.1. The van der Waals surface area contributed by atoms with Gasteiger partial charge >= 0.3 is 5.97 Å². The molecule has 3 rings (SSSR count). The Labute approximate surface area is 114 Å². The summed E-state index contributed by atoms with van der Waals surface area (Å²) in [5.41, 5.74) is 2.59. The number of aryl methyl sites for hydroxylation is 2. The Morgan fingerprint density at radius 1 is 1.26 bits per heavy atom. The van der Waals surface area contributed by atoms with Gasteiger partial charge in [0.15, 0.2) is 0 Å². The minimum atomic E-state index is -0.874. The monoisotopic (exact) mass is 271 g/mol. The topological polar surface area (TPSA) is 42.2 Å². The van der Waals surface area contributed by atoms with Crippen LogP contribution in [0.25, 0.3) is 10.9 Å². The minimum Gasteiger partial charge on any atom is -0.477 e. The normalized spacial score (nSPS) is 10.9. The Kier molecular flexibility index (Phi) is 3.09. The molecule has 0 amide bonds. The standard InChI is InChI=1S/C15H13NO2S/c17-15(18)14-9-12-3-1-2-4-13(12)16(14)7-5-11-6-8-19-10-11/h1-4,6,8-10H,5,7H2,(H,17,18). The summed E-state index contributed by atoms with van der Waals surface area (Å²) in [6, 6.07) is 11.6. The molecule has 0 aliphatic carbocycles. The zero-order valence-electron chi connectivity index (χ0n) is 10.2. The first-order valence-corrected chi connectivity index (χ1v) is 7.02. The number of rotatable bonds is 4. The second-order valence-electron chi connectivity index (χ2n) is 4.43. The number of aromatic carboxylic acids is 1. The van der Waals surface area contributed by atoms with Gasteiger partial charge in [-0.2, -0.15) is 11.3 Å². The van der Waals surface area contributed by atoms with Crippen molar-refractivity contribution in [2.24, 2.45) is 0 Å². The first-order chi connectivity index (χ1) is 9.25. The molecule has 4 heteroatoms. The van der Waals surface area contributed by atoms with Crippen LogP contribution in [0.4, 0.5) is 0 Å². The van der Waals surface area contributed by atoms with Gasteiger partial charge in [-0.1, -0.05) is 18.2 Å². The lowest BCUT2D eigenvalue weighted by atomic mass is 10.2. The Morgan fingerprint density at radius 2 is 2.11 bits per heavy atom. The minimum absolute atomic E-state index is 0.358. The highest BCUT2D eigenvalue weighted by molar-refractivity contribution is 7.07. The van der Waals surface area contributed by atoms with Crippen molar-refractivity contribution in [1.82, 2.24) is 4.57 Å². The lowest BCUT2D eigenvalue weighted by Gasteiger charge is -2.07. The van der Waals surface area contributed by atoms with Crippen LogP contribution in [0, 0.1) is 0 Å². The molecule has 0 bridgehead atoms. The molecular weight excluding hydrogens is 258 g/mol. The molecule has 0 atom stereocenters. The van der Waals surface area contributed by atoms with Crippen LogP contribution in [0.2, 0.25) is 0 Å². The highest BCUT2D eigenvalue weighted by Crippen LogP contribution is 2.21. The zero-order chi connectivity index (χ0) is 13.2. The van der Waals surface area contributed by atoms with Gasteiger partial charge in [-0.15, -0.1) is 0 Å². The number of carbonyl (C=O) groups is 1. The molecule has 0 radical (unpaired) electrons. The van der Waals surface area contributed by atoms with Crippen LogP contribution in [0.1, 0.15) is 16.1 Å². The van der Waals surface area contributed by atoms with E-state index in [-0.39, 0.29) is 0 Å². The molecule has 2 aromatic heterocycles. The first-order valence-electron chi connectivity index (χ1n) is 6.08. The van der Waals surface area contributed by atoms with E-state index in [1.807, 2.05) is 34.2 Å². The molecule has 1 N–H and O–H groups in total. The van der Waals surface area contributed by atoms with Crippen molar-refractivity contribution in [2.45, 2.75) is 13.0 Å². The Morgan fingerprint density at radius 3 is 2.84 bits per heavy atom. The van der Waals surface area contributed by atoms with Gasteiger partial charge in [0.2, 0.25) is 0 Å². The summed E-state index contributed by atoms with van der Waals surface area (Å²) < 4.78 is 1.88. The van der Waals surface area contributed by atoms with Gasteiger partial charge < -0.3 is 9.67 Å². The molecular formula is C15H13NO2S. The third-order valence-corrected chi connectivity index (χ3v) is 3.97. The molecule has 0 spiro atoms. The van der Waals surface area contributed by atoms with Crippen molar-refractivity contribution < 1.29 is 9.90 Å². The van der Waals surface area contributed by atoms with Crippen LogP contribution >= 0.6 is 11.3 Å². The number of benzene rings is 1. The molecule has 0 fully saturated rings. The van der Waals surface area contributed by atoms with E-state index < -0.39 is 5.97 Å². The highest BCUT2D eigenvalue weighted by Gasteiger charge is 2.13. The van der Waals surface area contributed by atoms with Crippen molar-refractivity contribution in [3.05, 3.63) is 58.4 Å². The molecule has 0 saturated carbocycles. The summed E-state index contributed by atoms with van der Waals surface area (Å²) >= 11 is 1.67. The van der Waals surface area contributed by atoms with Crippen LogP contribution in [-0.2, 0) is 13.0 Å². The molecule has 0 saturated heterocycles. The van der Waals surface area contributed by atoms with Crippen molar-refractivity contribution >= 4 is 28.2 Å². The van der Waals surface area contributed by atoms with Crippen molar-refractivity contribution in [3.8, 4) is 0 Å². The third kappa shape index (κ3) is 2.27. The van der Waals surface area contributed by atoms with E-state index in [9.17, 15) is 9.90 Å². The van der Waals surface area contributed by atoms with Crippen LogP contribution in [0.3, 0.4) is 0 Å². The molecule has 19 heavy (non-hydrogen) atoms. The van der Waals surface area contributed by atoms with E-state index in [1.54, 1.807) is 17.4 Å². The average molecular weight is 271 g/mol. The predicted molar refractivity (Wildman–Crippen MR) is 76.9 cm³/mol. The average Bonchev–Trinajstić information content (AvgIpc) is 3.03. The second kappa shape index (κ2) is 4.90. The maximum atomic E-state index is 11.3. The number of para-hydroxylation sites is 1. The largest absolute Gasteiger partial charge is 0.477 e. The summed E-state index contributed by atoms with van der Waals surface area (Å²) in [4.78, 5) is 11.3. The first kappa shape index (κ1) is 12.0. The molecule has 0 unspecified atom stereocenters. The third-order valence-electron chi connectivity index (χ3n) is 3.23. The van der Waals surface area contributed by atoms with Crippen LogP contribution in [0.5, 0.6) is 0 Å². The van der Waals surface area contributed by atoms with E-state index >= 15 is 0 Å². The molecule has 0 aliphatic heterocycles. The smallest absolute Gasteiger partial charge is 0.352 e. The van der Waals surface area contributed by atoms with E-state index in [0.29, 0.717) is 12.2 Å². The number of fused-ring (bicyclic) bond motifs is 1. The van der Waals surface area contributed by atoms with Crippen molar-refractivity contribution in [2.75, 3.05) is 0 Å². The highest BCUT2D eigenvalue weighted by atomic mass is 32.1. The number of hydrogen-bond donors (Lipinski definition) is 1. The lowest BCUT2D eigenvalue weighted by Crippen LogP contribution is -2.09. The van der Waals surface area contributed by atoms with Crippen molar-refractivity contribution in [3.63, 3.8) is 0 Å². The molecule has 96 valence electrons. The van der Waals surface area contributed by atoms with Crippen LogP contribution in [-0.4, -0.2) is 15.6 Å². The van der Waals surface area contributed by atoms with Gasteiger partial charge in [-0.05, 0) is 40.9 Å². The summed E-state index contributed by atoms with van der Waals surface area (Å²) in [5.74, 6) is -0.874. The maximum Gasteiger partial charge on any atom is 0.352 e. The molecule has 3 aromatic rings.